The van der Waals surface area contributed by atoms with E-state index in [1.165, 1.54) is 32.7 Å². The summed E-state index contributed by atoms with van der Waals surface area (Å²) in [7, 11) is 4.57. The van der Waals surface area contributed by atoms with Gasteiger partial charge in [-0.15, -0.1) is 10.2 Å². The lowest BCUT2D eigenvalue weighted by Crippen LogP contribution is -2.37. The highest BCUT2D eigenvalue weighted by Gasteiger charge is 2.29. The Morgan fingerprint density at radius 1 is 1.00 bits per heavy atom. The molecular weight excluding hydrogens is 468 g/mol. The number of benzene rings is 2. The van der Waals surface area contributed by atoms with Crippen LogP contribution in [0.2, 0.25) is 0 Å². The van der Waals surface area contributed by atoms with Crippen LogP contribution in [0, 0.1) is 6.92 Å². The summed E-state index contributed by atoms with van der Waals surface area (Å²) in [4.78, 5) is 27.6. The first kappa shape index (κ1) is 24.5. The highest BCUT2D eigenvalue weighted by atomic mass is 32.1. The smallest absolute Gasteiger partial charge is 0.286 e. The van der Waals surface area contributed by atoms with Gasteiger partial charge in [0.2, 0.25) is 10.8 Å². The Balaban J connectivity index is 1.40. The van der Waals surface area contributed by atoms with E-state index >= 15 is 0 Å². The third-order valence-electron chi connectivity index (χ3n) is 6.07. The zero-order valence-corrected chi connectivity index (χ0v) is 21.0. The van der Waals surface area contributed by atoms with E-state index in [-0.39, 0.29) is 17.7 Å². The summed E-state index contributed by atoms with van der Waals surface area (Å²) < 4.78 is 16.1. The topological polar surface area (TPSA) is 103 Å². The number of carbonyl (C=O) groups is 2. The lowest BCUT2D eigenvalue weighted by atomic mass is 9.97. The first-order valence-corrected chi connectivity index (χ1v) is 12.1. The predicted molar refractivity (Wildman–Crippen MR) is 133 cm³/mol. The highest BCUT2D eigenvalue weighted by Crippen LogP contribution is 2.39. The van der Waals surface area contributed by atoms with Crippen LogP contribution < -0.4 is 19.5 Å². The van der Waals surface area contributed by atoms with E-state index in [0.29, 0.717) is 40.9 Å². The number of carbonyl (C=O) groups excluding carboxylic acids is 2. The van der Waals surface area contributed by atoms with Crippen molar-refractivity contribution in [1.29, 1.82) is 0 Å². The van der Waals surface area contributed by atoms with Crippen molar-refractivity contribution in [3.8, 4) is 17.2 Å². The largest absolute Gasteiger partial charge is 0.493 e. The second-order valence-corrected chi connectivity index (χ2v) is 9.20. The molecular formula is C25H28N4O5S. The van der Waals surface area contributed by atoms with Gasteiger partial charge in [-0.1, -0.05) is 29.5 Å². The maximum Gasteiger partial charge on any atom is 0.286 e. The quantitative estimate of drug-likeness (QED) is 0.524. The molecule has 1 saturated heterocycles. The van der Waals surface area contributed by atoms with Gasteiger partial charge in [0, 0.05) is 30.3 Å². The summed E-state index contributed by atoms with van der Waals surface area (Å²) in [5.41, 5.74) is 2.21. The molecule has 0 unspecified atom stereocenters. The minimum Gasteiger partial charge on any atom is -0.493 e. The molecule has 4 rings (SSSR count). The summed E-state index contributed by atoms with van der Waals surface area (Å²) in [5, 5.41) is 12.4. The minimum absolute atomic E-state index is 0.0988. The molecule has 2 heterocycles. The van der Waals surface area contributed by atoms with Gasteiger partial charge in [0.15, 0.2) is 11.5 Å². The van der Waals surface area contributed by atoms with E-state index in [0.717, 1.165) is 29.1 Å². The number of anilines is 1. The van der Waals surface area contributed by atoms with Crippen LogP contribution >= 0.6 is 11.3 Å². The van der Waals surface area contributed by atoms with Crippen molar-refractivity contribution in [2.75, 3.05) is 39.7 Å². The van der Waals surface area contributed by atoms with Crippen LogP contribution in [0.25, 0.3) is 0 Å². The molecule has 1 aliphatic rings. The second-order valence-electron chi connectivity index (χ2n) is 8.19. The van der Waals surface area contributed by atoms with Crippen LogP contribution in [0.5, 0.6) is 17.2 Å². The number of nitrogens with zero attached hydrogens (tertiary/aromatic N) is 3. The highest BCUT2D eigenvalue weighted by molar-refractivity contribution is 7.13. The first-order valence-electron chi connectivity index (χ1n) is 11.2. The van der Waals surface area contributed by atoms with E-state index in [4.69, 9.17) is 14.2 Å². The van der Waals surface area contributed by atoms with Crippen molar-refractivity contribution in [3.05, 3.63) is 57.5 Å². The lowest BCUT2D eigenvalue weighted by molar-refractivity contribution is 0.0711. The van der Waals surface area contributed by atoms with E-state index < -0.39 is 0 Å². The fourth-order valence-electron chi connectivity index (χ4n) is 4.10. The Morgan fingerprint density at radius 3 is 2.26 bits per heavy atom. The molecule has 35 heavy (non-hydrogen) atoms. The van der Waals surface area contributed by atoms with Crippen molar-refractivity contribution < 1.29 is 23.8 Å². The number of aryl methyl sites for hydroxylation is 1. The van der Waals surface area contributed by atoms with Crippen molar-refractivity contribution in [2.24, 2.45) is 0 Å². The normalized spacial score (nSPS) is 13.9. The van der Waals surface area contributed by atoms with Crippen LogP contribution in [-0.2, 0) is 0 Å². The fourth-order valence-corrected chi connectivity index (χ4v) is 5.00. The monoisotopic (exact) mass is 496 g/mol. The average Bonchev–Trinajstić information content (AvgIpc) is 3.39. The fraction of sp³-hybridized carbons (Fsp3) is 0.360. The van der Waals surface area contributed by atoms with Gasteiger partial charge in [0.25, 0.3) is 11.8 Å². The van der Waals surface area contributed by atoms with Gasteiger partial charge in [0.1, 0.15) is 5.01 Å². The Morgan fingerprint density at radius 2 is 1.66 bits per heavy atom. The van der Waals surface area contributed by atoms with Gasteiger partial charge < -0.3 is 24.4 Å². The van der Waals surface area contributed by atoms with E-state index in [1.54, 1.807) is 12.1 Å². The third-order valence-corrected chi connectivity index (χ3v) is 7.16. The number of methoxy groups -OCH3 is 3. The first-order chi connectivity index (χ1) is 16.9. The number of amides is 2. The Hall–Kier alpha value is -3.66. The average molecular weight is 497 g/mol. The number of likely N-dealkylation sites (tertiary alicyclic amines) is 1. The molecule has 0 bridgehead atoms. The minimum atomic E-state index is -0.266. The Bertz CT molecular complexity index is 1200. The molecule has 0 spiro atoms. The molecule has 0 aliphatic carbocycles. The molecule has 10 heteroatoms. The summed E-state index contributed by atoms with van der Waals surface area (Å²) >= 11 is 1.31. The number of aromatic nitrogens is 2. The molecule has 1 aromatic heterocycles. The molecule has 0 atom stereocenters. The van der Waals surface area contributed by atoms with Crippen LogP contribution in [0.4, 0.5) is 5.69 Å². The molecule has 184 valence electrons. The number of ether oxygens (including phenoxy) is 3. The van der Waals surface area contributed by atoms with Crippen LogP contribution in [-0.4, -0.2) is 61.3 Å². The Kier molecular flexibility index (Phi) is 7.50. The zero-order valence-electron chi connectivity index (χ0n) is 20.2. The van der Waals surface area contributed by atoms with Crippen LogP contribution in [0.3, 0.4) is 0 Å². The number of piperidine rings is 1. The van der Waals surface area contributed by atoms with Gasteiger partial charge in [-0.25, -0.2) is 0 Å². The summed E-state index contributed by atoms with van der Waals surface area (Å²) in [6.07, 6.45) is 1.48. The van der Waals surface area contributed by atoms with Gasteiger partial charge in [-0.3, -0.25) is 9.59 Å². The molecule has 0 saturated carbocycles. The zero-order chi connectivity index (χ0) is 24.9. The van der Waals surface area contributed by atoms with E-state index in [1.807, 2.05) is 36.1 Å². The third kappa shape index (κ3) is 5.22. The van der Waals surface area contributed by atoms with Crippen molar-refractivity contribution in [1.82, 2.24) is 15.1 Å². The predicted octanol–water partition coefficient (Wildman–Crippen LogP) is 4.14. The van der Waals surface area contributed by atoms with Gasteiger partial charge in [-0.2, -0.15) is 0 Å². The van der Waals surface area contributed by atoms with Gasteiger partial charge in [0.05, 0.1) is 21.3 Å². The molecule has 1 fully saturated rings. The van der Waals surface area contributed by atoms with E-state index in [9.17, 15) is 9.59 Å². The van der Waals surface area contributed by atoms with Gasteiger partial charge in [-0.05, 0) is 43.5 Å². The molecule has 1 aliphatic heterocycles. The summed E-state index contributed by atoms with van der Waals surface area (Å²) in [6.45, 7) is 3.09. The molecule has 3 aromatic rings. The van der Waals surface area contributed by atoms with Crippen molar-refractivity contribution in [3.63, 3.8) is 0 Å². The molecule has 1 N–H and O–H groups in total. The SMILES string of the molecule is COc1cc(C(=O)N2CCC(c3nnc(C(=O)Nc4ccccc4C)s3)CC2)cc(OC)c1OC. The number of para-hydroxylation sites is 1. The maximum atomic E-state index is 13.2. The number of nitrogens with one attached hydrogen (secondary N) is 1. The number of hydrogen-bond acceptors (Lipinski definition) is 8. The number of hydrogen-bond donors (Lipinski definition) is 1. The van der Waals surface area contributed by atoms with Gasteiger partial charge >= 0.3 is 0 Å². The second kappa shape index (κ2) is 10.7. The van der Waals surface area contributed by atoms with E-state index in [2.05, 4.69) is 15.5 Å². The van der Waals surface area contributed by atoms with Crippen molar-refractivity contribution in [2.45, 2.75) is 25.7 Å². The standard InChI is InChI=1S/C25H28N4O5S/c1-15-7-5-6-8-18(15)26-22(30)24-28-27-23(35-24)16-9-11-29(12-10-16)25(31)17-13-19(32-2)21(34-4)20(14-17)33-3/h5-8,13-14,16H,9-12H2,1-4H3,(H,26,30). The van der Waals surface area contributed by atoms with Crippen LogP contribution in [0.15, 0.2) is 36.4 Å². The van der Waals surface area contributed by atoms with Crippen LogP contribution in [0.1, 0.15) is 49.5 Å². The molecule has 0 radical (unpaired) electrons. The maximum absolute atomic E-state index is 13.2. The summed E-state index contributed by atoms with van der Waals surface area (Å²) in [5.74, 6) is 1.11. The molecule has 9 nitrogen and oxygen atoms in total. The van der Waals surface area contributed by atoms with Crippen molar-refractivity contribution >= 4 is 28.8 Å². The molecule has 2 amide bonds. The lowest BCUT2D eigenvalue weighted by Gasteiger charge is -2.31. The Labute approximate surface area is 208 Å². The number of rotatable bonds is 7. The summed E-state index contributed by atoms with van der Waals surface area (Å²) in [6, 6.07) is 10.9. The molecule has 2 aromatic carbocycles.